The zero-order valence-corrected chi connectivity index (χ0v) is 15.0. The number of carbonyl (C=O) groups excluding carboxylic acids is 1. The third kappa shape index (κ3) is 6.13. The Balaban J connectivity index is 1.65. The average Bonchev–Trinajstić information content (AvgIpc) is 2.98. The molecular formula is C19H29NO4. The molecule has 0 aliphatic carbocycles. The lowest BCUT2D eigenvalue weighted by Gasteiger charge is -2.26. The second-order valence-corrected chi connectivity index (χ2v) is 6.52. The number of rotatable bonds is 9. The van der Waals surface area contributed by atoms with Crippen LogP contribution in [0, 0.1) is 5.92 Å². The van der Waals surface area contributed by atoms with E-state index in [9.17, 15) is 4.79 Å². The van der Waals surface area contributed by atoms with Crippen molar-refractivity contribution in [1.82, 2.24) is 5.32 Å². The maximum atomic E-state index is 12.0. The summed E-state index contributed by atoms with van der Waals surface area (Å²) in [5, 5.41) is 3.00. The van der Waals surface area contributed by atoms with Crippen molar-refractivity contribution in [3.05, 3.63) is 29.8 Å². The maximum Gasteiger partial charge on any atom is 0.220 e. The van der Waals surface area contributed by atoms with E-state index < -0.39 is 5.79 Å². The van der Waals surface area contributed by atoms with E-state index in [1.807, 2.05) is 38.1 Å². The Morgan fingerprint density at radius 1 is 1.29 bits per heavy atom. The van der Waals surface area contributed by atoms with Crippen LogP contribution in [-0.4, -0.2) is 38.1 Å². The summed E-state index contributed by atoms with van der Waals surface area (Å²) in [4.78, 5) is 12.0. The first-order chi connectivity index (χ1) is 11.5. The van der Waals surface area contributed by atoms with Crippen LogP contribution < -0.4 is 10.1 Å². The van der Waals surface area contributed by atoms with Gasteiger partial charge in [-0.2, -0.15) is 0 Å². The summed E-state index contributed by atoms with van der Waals surface area (Å²) in [5.74, 6) is 0.757. The maximum absolute atomic E-state index is 12.0. The second kappa shape index (κ2) is 9.04. The van der Waals surface area contributed by atoms with Crippen molar-refractivity contribution in [2.75, 3.05) is 26.4 Å². The van der Waals surface area contributed by atoms with Gasteiger partial charge in [0.1, 0.15) is 5.75 Å². The highest BCUT2D eigenvalue weighted by molar-refractivity contribution is 5.76. The molecule has 5 nitrogen and oxygen atoms in total. The third-order valence-electron chi connectivity index (χ3n) is 4.14. The first-order valence-corrected chi connectivity index (χ1v) is 8.77. The van der Waals surface area contributed by atoms with Crippen LogP contribution in [0.15, 0.2) is 24.3 Å². The van der Waals surface area contributed by atoms with Gasteiger partial charge in [0, 0.05) is 19.4 Å². The van der Waals surface area contributed by atoms with E-state index in [1.54, 1.807) is 0 Å². The SMILES string of the molecule is CCOc1ccc(CCC(=O)NC[C@H](C)CC2(C)OCCO2)cc1. The molecule has 0 bridgehead atoms. The Kier molecular flexibility index (Phi) is 7.06. The van der Waals surface area contributed by atoms with E-state index >= 15 is 0 Å². The van der Waals surface area contributed by atoms with Crippen molar-refractivity contribution in [3.8, 4) is 5.75 Å². The van der Waals surface area contributed by atoms with Crippen molar-refractivity contribution in [3.63, 3.8) is 0 Å². The molecule has 2 rings (SSSR count). The molecule has 0 saturated carbocycles. The smallest absolute Gasteiger partial charge is 0.220 e. The Bertz CT molecular complexity index is 509. The number of carbonyl (C=O) groups is 1. The highest BCUT2D eigenvalue weighted by Crippen LogP contribution is 2.26. The molecule has 134 valence electrons. The molecule has 1 atom stereocenters. The fourth-order valence-electron chi connectivity index (χ4n) is 2.93. The Morgan fingerprint density at radius 2 is 1.96 bits per heavy atom. The molecule has 0 spiro atoms. The number of benzene rings is 1. The Morgan fingerprint density at radius 3 is 2.58 bits per heavy atom. The third-order valence-corrected chi connectivity index (χ3v) is 4.14. The zero-order chi connectivity index (χ0) is 17.4. The summed E-state index contributed by atoms with van der Waals surface area (Å²) >= 11 is 0. The number of hydrogen-bond acceptors (Lipinski definition) is 4. The fourth-order valence-corrected chi connectivity index (χ4v) is 2.93. The van der Waals surface area contributed by atoms with E-state index in [1.165, 1.54) is 0 Å². The molecular weight excluding hydrogens is 306 g/mol. The molecule has 0 aromatic heterocycles. The van der Waals surface area contributed by atoms with Gasteiger partial charge in [-0.15, -0.1) is 0 Å². The summed E-state index contributed by atoms with van der Waals surface area (Å²) in [6.07, 6.45) is 2.01. The number of aryl methyl sites for hydroxylation is 1. The monoisotopic (exact) mass is 335 g/mol. The largest absolute Gasteiger partial charge is 0.494 e. The lowest BCUT2D eigenvalue weighted by atomic mass is 10.0. The predicted molar refractivity (Wildman–Crippen MR) is 93.0 cm³/mol. The van der Waals surface area contributed by atoms with Crippen LogP contribution in [-0.2, 0) is 20.7 Å². The summed E-state index contributed by atoms with van der Waals surface area (Å²) in [5.41, 5.74) is 1.14. The number of amides is 1. The molecule has 0 radical (unpaired) electrons. The van der Waals surface area contributed by atoms with Crippen molar-refractivity contribution in [2.45, 2.75) is 45.8 Å². The average molecular weight is 335 g/mol. The topological polar surface area (TPSA) is 56.8 Å². The molecule has 1 aliphatic heterocycles. The lowest BCUT2D eigenvalue weighted by molar-refractivity contribution is -0.154. The van der Waals surface area contributed by atoms with Crippen LogP contribution in [0.2, 0.25) is 0 Å². The first-order valence-electron chi connectivity index (χ1n) is 8.77. The molecule has 1 saturated heterocycles. The molecule has 1 aromatic carbocycles. The van der Waals surface area contributed by atoms with Gasteiger partial charge in [0.25, 0.3) is 0 Å². The van der Waals surface area contributed by atoms with Crippen molar-refractivity contribution in [2.24, 2.45) is 5.92 Å². The second-order valence-electron chi connectivity index (χ2n) is 6.52. The van der Waals surface area contributed by atoms with Crippen LogP contribution in [0.1, 0.15) is 39.2 Å². The molecule has 24 heavy (non-hydrogen) atoms. The van der Waals surface area contributed by atoms with Crippen molar-refractivity contribution in [1.29, 1.82) is 0 Å². The van der Waals surface area contributed by atoms with Crippen LogP contribution in [0.25, 0.3) is 0 Å². The predicted octanol–water partition coefficient (Wildman–Crippen LogP) is 2.92. The summed E-state index contributed by atoms with van der Waals surface area (Å²) in [6.45, 7) is 8.63. The number of nitrogens with one attached hydrogen (secondary N) is 1. The Labute approximate surface area is 144 Å². The minimum Gasteiger partial charge on any atom is -0.494 e. The summed E-state index contributed by atoms with van der Waals surface area (Å²) in [7, 11) is 0. The Hall–Kier alpha value is -1.59. The van der Waals surface area contributed by atoms with Gasteiger partial charge in [0.15, 0.2) is 5.79 Å². The molecule has 1 heterocycles. The van der Waals surface area contributed by atoms with E-state index in [0.29, 0.717) is 38.7 Å². The van der Waals surface area contributed by atoms with Gasteiger partial charge in [0.05, 0.1) is 19.8 Å². The van der Waals surface area contributed by atoms with E-state index in [-0.39, 0.29) is 5.91 Å². The van der Waals surface area contributed by atoms with Gasteiger partial charge in [-0.3, -0.25) is 4.79 Å². The van der Waals surface area contributed by atoms with Gasteiger partial charge in [0.2, 0.25) is 5.91 Å². The number of hydrogen-bond donors (Lipinski definition) is 1. The van der Waals surface area contributed by atoms with Gasteiger partial charge in [-0.1, -0.05) is 19.1 Å². The molecule has 1 aliphatic rings. The van der Waals surface area contributed by atoms with Crippen LogP contribution in [0.3, 0.4) is 0 Å². The molecule has 1 aromatic rings. The normalized spacial score (nSPS) is 17.5. The van der Waals surface area contributed by atoms with E-state index in [0.717, 1.165) is 24.2 Å². The zero-order valence-electron chi connectivity index (χ0n) is 15.0. The summed E-state index contributed by atoms with van der Waals surface area (Å²) in [6, 6.07) is 7.91. The molecule has 0 unspecified atom stereocenters. The van der Waals surface area contributed by atoms with Gasteiger partial charge < -0.3 is 19.5 Å². The summed E-state index contributed by atoms with van der Waals surface area (Å²) < 4.78 is 16.6. The van der Waals surface area contributed by atoms with Gasteiger partial charge in [-0.25, -0.2) is 0 Å². The number of ether oxygens (including phenoxy) is 3. The van der Waals surface area contributed by atoms with Gasteiger partial charge in [-0.05, 0) is 43.9 Å². The standard InChI is InChI=1S/C19H29NO4/c1-4-22-17-8-5-16(6-9-17)7-10-18(21)20-14-15(2)13-19(3)23-11-12-24-19/h5-6,8-9,15H,4,7,10-14H2,1-3H3,(H,20,21)/t15-/m1/s1. The first kappa shape index (κ1) is 18.7. The van der Waals surface area contributed by atoms with E-state index in [4.69, 9.17) is 14.2 Å². The fraction of sp³-hybridized carbons (Fsp3) is 0.632. The highest BCUT2D eigenvalue weighted by atomic mass is 16.7. The van der Waals surface area contributed by atoms with E-state index in [2.05, 4.69) is 12.2 Å². The molecule has 5 heteroatoms. The van der Waals surface area contributed by atoms with Crippen molar-refractivity contribution < 1.29 is 19.0 Å². The van der Waals surface area contributed by atoms with Gasteiger partial charge >= 0.3 is 0 Å². The minimum atomic E-state index is -0.494. The van der Waals surface area contributed by atoms with Crippen LogP contribution in [0.5, 0.6) is 5.75 Å². The molecule has 1 fully saturated rings. The quantitative estimate of drug-likeness (QED) is 0.754. The lowest BCUT2D eigenvalue weighted by Crippen LogP contribution is -2.34. The van der Waals surface area contributed by atoms with Crippen LogP contribution >= 0.6 is 0 Å². The molecule has 1 N–H and O–H groups in total. The minimum absolute atomic E-state index is 0.0779. The highest BCUT2D eigenvalue weighted by Gasteiger charge is 2.32. The van der Waals surface area contributed by atoms with Crippen molar-refractivity contribution >= 4 is 5.91 Å². The molecule has 1 amide bonds. The van der Waals surface area contributed by atoms with Crippen LogP contribution in [0.4, 0.5) is 0 Å².